The zero-order chi connectivity index (χ0) is 11.7. The van der Waals surface area contributed by atoms with E-state index in [-0.39, 0.29) is 0 Å². The van der Waals surface area contributed by atoms with Crippen LogP contribution in [0.15, 0.2) is 28.3 Å². The van der Waals surface area contributed by atoms with E-state index in [1.165, 1.54) is 0 Å². The smallest absolute Gasteiger partial charge is 0.195 e. The molecule has 2 N–H and O–H groups in total. The Kier molecular flexibility index (Phi) is 2.87. The van der Waals surface area contributed by atoms with Crippen LogP contribution in [-0.2, 0) is 7.05 Å². The Balaban J connectivity index is 2.38. The van der Waals surface area contributed by atoms with Crippen LogP contribution in [0.2, 0.25) is 0 Å². The first-order valence-corrected chi connectivity index (χ1v) is 5.80. The average molecular weight is 234 g/mol. The van der Waals surface area contributed by atoms with Crippen LogP contribution in [-0.4, -0.2) is 14.8 Å². The van der Waals surface area contributed by atoms with E-state index in [0.717, 1.165) is 27.1 Å². The van der Waals surface area contributed by atoms with Gasteiger partial charge in [0, 0.05) is 17.6 Å². The van der Waals surface area contributed by atoms with Crippen LogP contribution in [0.3, 0.4) is 0 Å². The van der Waals surface area contributed by atoms with Crippen LogP contribution in [0.1, 0.15) is 11.4 Å². The lowest BCUT2D eigenvalue weighted by Crippen LogP contribution is -1.96. The monoisotopic (exact) mass is 234 g/mol. The quantitative estimate of drug-likeness (QED) is 0.809. The van der Waals surface area contributed by atoms with Crippen molar-refractivity contribution in [2.75, 3.05) is 5.73 Å². The van der Waals surface area contributed by atoms with Crippen molar-refractivity contribution < 1.29 is 0 Å². The molecular weight excluding hydrogens is 220 g/mol. The van der Waals surface area contributed by atoms with Crippen molar-refractivity contribution in [2.45, 2.75) is 23.9 Å². The summed E-state index contributed by atoms with van der Waals surface area (Å²) in [6.45, 7) is 3.97. The van der Waals surface area contributed by atoms with Crippen LogP contribution in [0, 0.1) is 13.8 Å². The third-order valence-corrected chi connectivity index (χ3v) is 3.79. The highest BCUT2D eigenvalue weighted by Crippen LogP contribution is 2.33. The molecule has 0 atom stereocenters. The van der Waals surface area contributed by atoms with Crippen LogP contribution < -0.4 is 5.73 Å². The molecule has 16 heavy (non-hydrogen) atoms. The van der Waals surface area contributed by atoms with Crippen molar-refractivity contribution in [3.05, 3.63) is 29.6 Å². The minimum absolute atomic E-state index is 0.783. The van der Waals surface area contributed by atoms with Crippen LogP contribution >= 0.6 is 11.8 Å². The Morgan fingerprint density at radius 1 is 1.25 bits per heavy atom. The summed E-state index contributed by atoms with van der Waals surface area (Å²) in [5.74, 6) is 0.898. The number of rotatable bonds is 2. The van der Waals surface area contributed by atoms with Gasteiger partial charge in [-0.05, 0) is 37.2 Å². The van der Waals surface area contributed by atoms with Crippen molar-refractivity contribution >= 4 is 17.4 Å². The number of nitrogens with zero attached hydrogens (tertiary/aromatic N) is 3. The third kappa shape index (κ3) is 1.90. The highest BCUT2D eigenvalue weighted by atomic mass is 32.2. The average Bonchev–Trinajstić information content (AvgIpc) is 2.55. The number of aromatic nitrogens is 3. The van der Waals surface area contributed by atoms with Gasteiger partial charge >= 0.3 is 0 Å². The minimum Gasteiger partial charge on any atom is -0.398 e. The van der Waals surface area contributed by atoms with E-state index in [4.69, 9.17) is 5.73 Å². The van der Waals surface area contributed by atoms with E-state index < -0.39 is 0 Å². The van der Waals surface area contributed by atoms with Crippen molar-refractivity contribution in [1.82, 2.24) is 14.8 Å². The fourth-order valence-electron chi connectivity index (χ4n) is 1.38. The highest BCUT2D eigenvalue weighted by Gasteiger charge is 2.10. The van der Waals surface area contributed by atoms with Gasteiger partial charge in [0.25, 0.3) is 0 Å². The van der Waals surface area contributed by atoms with Gasteiger partial charge in [0.15, 0.2) is 5.16 Å². The summed E-state index contributed by atoms with van der Waals surface area (Å²) in [6.07, 6.45) is 0. The van der Waals surface area contributed by atoms with Crippen molar-refractivity contribution in [2.24, 2.45) is 7.05 Å². The molecule has 2 rings (SSSR count). The highest BCUT2D eigenvalue weighted by molar-refractivity contribution is 7.99. The molecule has 0 saturated carbocycles. The lowest BCUT2D eigenvalue weighted by Gasteiger charge is -2.07. The van der Waals surface area contributed by atoms with Gasteiger partial charge in [0.1, 0.15) is 5.82 Å². The molecule has 0 radical (unpaired) electrons. The molecule has 1 aromatic carbocycles. The summed E-state index contributed by atoms with van der Waals surface area (Å²) in [4.78, 5) is 1.05. The van der Waals surface area contributed by atoms with Crippen LogP contribution in [0.5, 0.6) is 0 Å². The molecule has 84 valence electrons. The van der Waals surface area contributed by atoms with Crippen molar-refractivity contribution in [3.63, 3.8) is 0 Å². The molecule has 1 heterocycles. The number of hydrogen-bond donors (Lipinski definition) is 1. The first-order chi connectivity index (χ1) is 7.59. The largest absolute Gasteiger partial charge is 0.398 e. The molecule has 0 aliphatic rings. The van der Waals surface area contributed by atoms with Gasteiger partial charge in [-0.3, -0.25) is 0 Å². The third-order valence-electron chi connectivity index (χ3n) is 2.49. The predicted octanol–water partition coefficient (Wildman–Crippen LogP) is 2.17. The molecule has 0 aliphatic heterocycles. The van der Waals surface area contributed by atoms with E-state index >= 15 is 0 Å². The van der Waals surface area contributed by atoms with Crippen LogP contribution in [0.4, 0.5) is 5.69 Å². The van der Waals surface area contributed by atoms with Gasteiger partial charge in [-0.1, -0.05) is 12.1 Å². The van der Waals surface area contributed by atoms with E-state index in [2.05, 4.69) is 10.2 Å². The molecule has 4 nitrogen and oxygen atoms in total. The zero-order valence-electron chi connectivity index (χ0n) is 9.56. The summed E-state index contributed by atoms with van der Waals surface area (Å²) < 4.78 is 1.95. The van der Waals surface area contributed by atoms with Crippen LogP contribution in [0.25, 0.3) is 0 Å². The summed E-state index contributed by atoms with van der Waals surface area (Å²) in [5, 5.41) is 9.00. The predicted molar refractivity (Wildman–Crippen MR) is 65.5 cm³/mol. The maximum atomic E-state index is 5.95. The fraction of sp³-hybridized carbons (Fsp3) is 0.273. The Hall–Kier alpha value is -1.49. The van der Waals surface area contributed by atoms with E-state index in [9.17, 15) is 0 Å². The van der Waals surface area contributed by atoms with Gasteiger partial charge < -0.3 is 10.3 Å². The Morgan fingerprint density at radius 3 is 2.56 bits per heavy atom. The van der Waals surface area contributed by atoms with Crippen molar-refractivity contribution in [3.8, 4) is 0 Å². The number of nitrogen functional groups attached to an aromatic ring is 1. The molecule has 0 spiro atoms. The number of anilines is 1. The van der Waals surface area contributed by atoms with Gasteiger partial charge in [-0.2, -0.15) is 0 Å². The Bertz CT molecular complexity index is 498. The SMILES string of the molecule is Cc1cccc(N)c1Sc1nnc(C)n1C. The number of benzene rings is 1. The summed E-state index contributed by atoms with van der Waals surface area (Å²) >= 11 is 1.55. The zero-order valence-corrected chi connectivity index (χ0v) is 10.4. The summed E-state index contributed by atoms with van der Waals surface area (Å²) in [7, 11) is 1.95. The molecule has 5 heteroatoms. The molecule has 1 aromatic heterocycles. The molecular formula is C11H14N4S. The first kappa shape index (κ1) is 11.0. The van der Waals surface area contributed by atoms with E-state index in [1.54, 1.807) is 11.8 Å². The molecule has 2 aromatic rings. The van der Waals surface area contributed by atoms with Gasteiger partial charge in [0.05, 0.1) is 0 Å². The van der Waals surface area contributed by atoms with Gasteiger partial charge in [0.2, 0.25) is 0 Å². The normalized spacial score (nSPS) is 10.7. The minimum atomic E-state index is 0.783. The Labute approximate surface area is 98.9 Å². The molecule has 0 saturated heterocycles. The van der Waals surface area contributed by atoms with E-state index in [1.807, 2.05) is 43.7 Å². The number of nitrogens with two attached hydrogens (primary N) is 1. The fourth-order valence-corrected chi connectivity index (χ4v) is 2.33. The summed E-state index contributed by atoms with van der Waals surface area (Å²) in [5.41, 5.74) is 7.89. The van der Waals surface area contributed by atoms with Gasteiger partial charge in [-0.15, -0.1) is 10.2 Å². The maximum Gasteiger partial charge on any atom is 0.195 e. The number of hydrogen-bond acceptors (Lipinski definition) is 4. The molecule has 0 bridgehead atoms. The number of aryl methyl sites for hydroxylation is 2. The molecule has 0 unspecified atom stereocenters. The lowest BCUT2D eigenvalue weighted by molar-refractivity contribution is 0.765. The second-order valence-corrected chi connectivity index (χ2v) is 4.66. The molecule has 0 aliphatic carbocycles. The van der Waals surface area contributed by atoms with Crippen molar-refractivity contribution in [1.29, 1.82) is 0 Å². The van der Waals surface area contributed by atoms with E-state index in [0.29, 0.717) is 0 Å². The standard InChI is InChI=1S/C11H14N4S/c1-7-5-4-6-9(12)10(7)16-11-14-13-8(2)15(11)3/h4-6H,12H2,1-3H3. The lowest BCUT2D eigenvalue weighted by atomic mass is 10.2. The summed E-state index contributed by atoms with van der Waals surface area (Å²) in [6, 6.07) is 5.90. The maximum absolute atomic E-state index is 5.95. The molecule has 0 amide bonds. The Morgan fingerprint density at radius 2 is 2.00 bits per heavy atom. The second kappa shape index (κ2) is 4.17. The topological polar surface area (TPSA) is 56.7 Å². The van der Waals surface area contributed by atoms with Gasteiger partial charge in [-0.25, -0.2) is 0 Å². The first-order valence-electron chi connectivity index (χ1n) is 4.98. The molecule has 0 fully saturated rings. The second-order valence-electron chi connectivity index (χ2n) is 3.68.